The van der Waals surface area contributed by atoms with Gasteiger partial charge in [-0.05, 0) is 187 Å². The van der Waals surface area contributed by atoms with E-state index in [1.54, 1.807) is 0 Å². The fourth-order valence-electron chi connectivity index (χ4n) is 16.0. The zero-order valence-corrected chi connectivity index (χ0v) is 33.6. The summed E-state index contributed by atoms with van der Waals surface area (Å²) in [7, 11) is 0. The van der Waals surface area contributed by atoms with Gasteiger partial charge in [0.25, 0.3) is 0 Å². The molecular weight excluding hydrogens is 639 g/mol. The molecule has 12 atom stereocenters. The van der Waals surface area contributed by atoms with E-state index in [1.165, 1.54) is 135 Å². The maximum atomic E-state index is 3.34. The highest BCUT2D eigenvalue weighted by Gasteiger charge is 2.60. The molecule has 12 unspecified atom stereocenters. The summed E-state index contributed by atoms with van der Waals surface area (Å²) in [5.74, 6) is 6.59. The maximum Gasteiger partial charge on any atom is 0.0261 e. The highest BCUT2D eigenvalue weighted by Crippen LogP contribution is 2.67. The molecule has 0 aromatic heterocycles. The van der Waals surface area contributed by atoms with Crippen LogP contribution in [0.15, 0.2) is 95.2 Å². The van der Waals surface area contributed by atoms with Crippen LogP contribution < -0.4 is 0 Å². The molecule has 0 amide bonds. The van der Waals surface area contributed by atoms with Gasteiger partial charge in [0, 0.05) is 23.5 Å². The molecule has 0 bridgehead atoms. The summed E-state index contributed by atoms with van der Waals surface area (Å²) in [4.78, 5) is 3.34. The van der Waals surface area contributed by atoms with Crippen LogP contribution in [-0.4, -0.2) is 23.0 Å². The lowest BCUT2D eigenvalue weighted by Crippen LogP contribution is -2.55. The lowest BCUT2D eigenvalue weighted by atomic mass is 9.53. The summed E-state index contributed by atoms with van der Waals surface area (Å²) < 4.78 is 0. The summed E-state index contributed by atoms with van der Waals surface area (Å²) >= 11 is 0. The molecule has 0 aromatic carbocycles. The van der Waals surface area contributed by atoms with Crippen molar-refractivity contribution in [1.29, 1.82) is 0 Å². The van der Waals surface area contributed by atoms with Gasteiger partial charge in [0.2, 0.25) is 0 Å². The molecule has 1 heteroatoms. The quantitative estimate of drug-likeness (QED) is 0.248. The van der Waals surface area contributed by atoms with Crippen LogP contribution in [-0.2, 0) is 0 Å². The van der Waals surface area contributed by atoms with Gasteiger partial charge in [-0.1, -0.05) is 110 Å². The fraction of sp³-hybridized carbons (Fsp3) is 0.692. The Morgan fingerprint density at radius 1 is 0.660 bits per heavy atom. The fourth-order valence-corrected chi connectivity index (χ4v) is 16.0. The monoisotopic (exact) mass is 710 g/mol. The number of nitrogens with zero attached hydrogens (tertiary/aromatic N) is 1. The van der Waals surface area contributed by atoms with E-state index in [-0.39, 0.29) is 5.41 Å². The third-order valence-corrected chi connectivity index (χ3v) is 18.1. The molecule has 1 nitrogen and oxygen atoms in total. The largest absolute Gasteiger partial charge is 0.294 e. The molecule has 0 N–H and O–H groups in total. The van der Waals surface area contributed by atoms with Crippen molar-refractivity contribution in [1.82, 2.24) is 4.90 Å². The Morgan fingerprint density at radius 3 is 2.38 bits per heavy atom. The topological polar surface area (TPSA) is 3.24 Å². The zero-order valence-electron chi connectivity index (χ0n) is 33.6. The Morgan fingerprint density at radius 2 is 1.53 bits per heavy atom. The molecule has 10 aliphatic rings. The van der Waals surface area contributed by atoms with E-state index in [2.05, 4.69) is 91.7 Å². The molecule has 284 valence electrons. The highest BCUT2D eigenvalue weighted by atomic mass is 15.2. The summed E-state index contributed by atoms with van der Waals surface area (Å²) in [6, 6.07) is 2.24. The molecule has 0 heterocycles. The standard InChI is InChI=1S/C52H71N/c1-51(2)47-25-12-9-22-43(47)46-33-32-42(35-50(46)51)53(40-30-28-37(29-31-40)36-16-5-3-6-17-36)41-21-15-20-39(34-41)52(38-18-7-4-8-19-38)48-26-13-10-23-44(48)45-24-11-14-27-49(45)52/h3-5,7,9,13-14,18,22,26-28,36,39-44,46-48,50H,6,8,10-12,15-17,19-21,23-25,29-35H2,1-2H3. The first-order chi connectivity index (χ1) is 26.0. The molecule has 53 heavy (non-hydrogen) atoms. The van der Waals surface area contributed by atoms with Crippen molar-refractivity contribution < 1.29 is 0 Å². The van der Waals surface area contributed by atoms with Crippen molar-refractivity contribution in [3.8, 4) is 0 Å². The molecule has 10 rings (SSSR count). The Balaban J connectivity index is 1.00. The Kier molecular flexibility index (Phi) is 9.61. The van der Waals surface area contributed by atoms with E-state index in [4.69, 9.17) is 0 Å². The molecule has 0 aliphatic heterocycles. The summed E-state index contributed by atoms with van der Waals surface area (Å²) in [5, 5.41) is 0. The van der Waals surface area contributed by atoms with Crippen molar-refractivity contribution in [2.75, 3.05) is 0 Å². The van der Waals surface area contributed by atoms with Crippen LogP contribution in [0.2, 0.25) is 0 Å². The van der Waals surface area contributed by atoms with Gasteiger partial charge >= 0.3 is 0 Å². The first-order valence-corrected chi connectivity index (χ1v) is 23.3. The van der Waals surface area contributed by atoms with Gasteiger partial charge in [-0.25, -0.2) is 0 Å². The zero-order chi connectivity index (χ0) is 35.6. The first kappa shape index (κ1) is 35.3. The van der Waals surface area contributed by atoms with Gasteiger partial charge in [-0.15, -0.1) is 0 Å². The molecule has 0 radical (unpaired) electrons. The minimum absolute atomic E-state index is 0.213. The molecular formula is C52H71N. The molecule has 0 spiro atoms. The van der Waals surface area contributed by atoms with Gasteiger partial charge in [0.1, 0.15) is 0 Å². The van der Waals surface area contributed by atoms with Crippen LogP contribution in [0.4, 0.5) is 0 Å². The van der Waals surface area contributed by atoms with Gasteiger partial charge in [-0.3, -0.25) is 4.90 Å². The predicted molar refractivity (Wildman–Crippen MR) is 223 cm³/mol. The molecule has 3 fully saturated rings. The van der Waals surface area contributed by atoms with Gasteiger partial charge in [0.15, 0.2) is 0 Å². The molecule has 0 saturated heterocycles. The minimum Gasteiger partial charge on any atom is -0.294 e. The second-order valence-corrected chi connectivity index (χ2v) is 20.4. The number of hydrogen-bond donors (Lipinski definition) is 0. The Bertz CT molecular complexity index is 1640. The summed E-state index contributed by atoms with van der Waals surface area (Å²) in [5.41, 5.74) is 8.02. The van der Waals surface area contributed by atoms with Crippen LogP contribution in [0.1, 0.15) is 149 Å². The van der Waals surface area contributed by atoms with Crippen LogP contribution in [0, 0.1) is 58.2 Å². The van der Waals surface area contributed by atoms with Crippen LogP contribution in [0.25, 0.3) is 0 Å². The number of hydrogen-bond acceptors (Lipinski definition) is 1. The number of fused-ring (bicyclic) bond motifs is 5. The van der Waals surface area contributed by atoms with Crippen molar-refractivity contribution in [3.63, 3.8) is 0 Å². The lowest BCUT2D eigenvalue weighted by Gasteiger charge is -2.55. The summed E-state index contributed by atoms with van der Waals surface area (Å²) in [6.45, 7) is 5.42. The third-order valence-electron chi connectivity index (χ3n) is 18.1. The lowest BCUT2D eigenvalue weighted by molar-refractivity contribution is -0.0220. The average molecular weight is 710 g/mol. The van der Waals surface area contributed by atoms with Crippen molar-refractivity contribution >= 4 is 0 Å². The maximum absolute atomic E-state index is 3.34. The minimum atomic E-state index is 0.213. The molecule has 3 saturated carbocycles. The van der Waals surface area contributed by atoms with Crippen LogP contribution in [0.5, 0.6) is 0 Å². The first-order valence-electron chi connectivity index (χ1n) is 23.3. The van der Waals surface area contributed by atoms with Crippen molar-refractivity contribution in [3.05, 3.63) is 95.2 Å². The van der Waals surface area contributed by atoms with Gasteiger partial charge < -0.3 is 0 Å². The molecule has 0 aromatic rings. The second kappa shape index (κ2) is 14.4. The van der Waals surface area contributed by atoms with E-state index < -0.39 is 0 Å². The number of rotatable bonds is 6. The Hall–Kier alpha value is -2.12. The van der Waals surface area contributed by atoms with Crippen molar-refractivity contribution in [2.24, 2.45) is 58.2 Å². The smallest absolute Gasteiger partial charge is 0.0261 e. The SMILES string of the molecule is CC1(C)C2CCC=CC2C2CCC(N(C3CC=C(C4CC=CCC4)CC3)C3CCCC(C4(C5=CC=CCC5)C5=C(CCC=C5)C5CCC=CC54)C3)CC21. The van der Waals surface area contributed by atoms with Gasteiger partial charge in [-0.2, -0.15) is 0 Å². The van der Waals surface area contributed by atoms with E-state index in [0.29, 0.717) is 11.3 Å². The van der Waals surface area contributed by atoms with Crippen molar-refractivity contribution in [2.45, 2.75) is 167 Å². The normalized spacial score (nSPS) is 44.3. The summed E-state index contributed by atoms with van der Waals surface area (Å²) in [6.07, 6.45) is 59.7. The Labute approximate surface area is 324 Å². The predicted octanol–water partition coefficient (Wildman–Crippen LogP) is 13.6. The van der Waals surface area contributed by atoms with Gasteiger partial charge in [0.05, 0.1) is 0 Å². The van der Waals surface area contributed by atoms with E-state index in [1.807, 2.05) is 22.3 Å². The van der Waals surface area contributed by atoms with Crippen LogP contribution in [0.3, 0.4) is 0 Å². The number of allylic oxidation sites excluding steroid dienone is 15. The third kappa shape index (κ3) is 5.84. The highest BCUT2D eigenvalue weighted by molar-refractivity contribution is 5.53. The van der Waals surface area contributed by atoms with E-state index in [9.17, 15) is 0 Å². The average Bonchev–Trinajstić information content (AvgIpc) is 3.65. The van der Waals surface area contributed by atoms with E-state index >= 15 is 0 Å². The second-order valence-electron chi connectivity index (χ2n) is 20.4. The molecule has 10 aliphatic carbocycles. The van der Waals surface area contributed by atoms with E-state index in [0.717, 1.165) is 59.6 Å². The van der Waals surface area contributed by atoms with Crippen LogP contribution >= 0.6 is 0 Å².